The summed E-state index contributed by atoms with van der Waals surface area (Å²) in [6.07, 6.45) is 10.4. The fourth-order valence-corrected chi connectivity index (χ4v) is 5.27. The number of rotatable bonds is 10. The zero-order chi connectivity index (χ0) is 17.5. The first-order valence-corrected chi connectivity index (χ1v) is 11.9. The highest BCUT2D eigenvalue weighted by Gasteiger charge is 2.41. The van der Waals surface area contributed by atoms with Crippen LogP contribution in [0.4, 0.5) is 0 Å². The molecule has 134 valence electrons. The number of alkyl halides is 2. The first-order chi connectivity index (χ1) is 12.3. The second-order valence-corrected chi connectivity index (χ2v) is 8.76. The van der Waals surface area contributed by atoms with Gasteiger partial charge in [0.2, 0.25) is 0 Å². The van der Waals surface area contributed by atoms with E-state index in [4.69, 9.17) is 0 Å². The second-order valence-electron chi connectivity index (χ2n) is 7.17. The Labute approximate surface area is 169 Å². The summed E-state index contributed by atoms with van der Waals surface area (Å²) < 4.78 is 0. The molecule has 0 radical (unpaired) electrons. The van der Waals surface area contributed by atoms with Crippen LogP contribution < -0.4 is 0 Å². The van der Waals surface area contributed by atoms with Gasteiger partial charge in [-0.1, -0.05) is 106 Å². The molecule has 0 saturated carbocycles. The molecule has 0 bridgehead atoms. The standard InChI is InChI=1S/C23H28Br2/c24-17-9-1-7-15-23(16-8-2-10-18-25)21-13-5-3-11-19(21)20-12-4-6-14-22(20)23/h3-6,11-14H,1-2,7-10,15-18H2. The Morgan fingerprint density at radius 2 is 1.00 bits per heavy atom. The van der Waals surface area contributed by atoms with Crippen LogP contribution in [0.1, 0.15) is 62.5 Å². The zero-order valence-corrected chi connectivity index (χ0v) is 18.1. The van der Waals surface area contributed by atoms with Crippen LogP contribution in [0.2, 0.25) is 0 Å². The molecule has 0 nitrogen and oxygen atoms in total. The van der Waals surface area contributed by atoms with Crippen LogP contribution in [0.5, 0.6) is 0 Å². The van der Waals surface area contributed by atoms with Crippen molar-refractivity contribution in [1.29, 1.82) is 0 Å². The van der Waals surface area contributed by atoms with Crippen molar-refractivity contribution < 1.29 is 0 Å². The number of hydrogen-bond donors (Lipinski definition) is 0. The smallest absolute Gasteiger partial charge is 0.0215 e. The van der Waals surface area contributed by atoms with E-state index in [2.05, 4.69) is 80.4 Å². The van der Waals surface area contributed by atoms with Crippen molar-refractivity contribution in [2.45, 2.75) is 56.8 Å². The molecule has 0 unspecified atom stereocenters. The third-order valence-corrected chi connectivity index (χ3v) is 6.77. The van der Waals surface area contributed by atoms with Crippen molar-refractivity contribution in [3.63, 3.8) is 0 Å². The topological polar surface area (TPSA) is 0 Å². The Kier molecular flexibility index (Phi) is 7.18. The van der Waals surface area contributed by atoms with Gasteiger partial charge in [-0.15, -0.1) is 0 Å². The summed E-state index contributed by atoms with van der Waals surface area (Å²) in [5.41, 5.74) is 6.33. The van der Waals surface area contributed by atoms with E-state index in [9.17, 15) is 0 Å². The molecule has 1 aliphatic carbocycles. The minimum Gasteiger partial charge on any atom is -0.0928 e. The lowest BCUT2D eigenvalue weighted by Crippen LogP contribution is -2.25. The van der Waals surface area contributed by atoms with E-state index in [1.807, 2.05) is 0 Å². The van der Waals surface area contributed by atoms with Gasteiger partial charge in [-0.25, -0.2) is 0 Å². The number of fused-ring (bicyclic) bond motifs is 3. The van der Waals surface area contributed by atoms with Gasteiger partial charge in [0.1, 0.15) is 0 Å². The molecule has 0 aromatic heterocycles. The van der Waals surface area contributed by atoms with Crippen molar-refractivity contribution in [3.05, 3.63) is 59.7 Å². The third kappa shape index (κ3) is 4.06. The number of halogens is 2. The van der Waals surface area contributed by atoms with Crippen molar-refractivity contribution in [1.82, 2.24) is 0 Å². The largest absolute Gasteiger partial charge is 0.0928 e. The summed E-state index contributed by atoms with van der Waals surface area (Å²) >= 11 is 7.17. The van der Waals surface area contributed by atoms with Gasteiger partial charge in [0.05, 0.1) is 0 Å². The zero-order valence-electron chi connectivity index (χ0n) is 14.9. The van der Waals surface area contributed by atoms with Gasteiger partial charge in [0.25, 0.3) is 0 Å². The summed E-state index contributed by atoms with van der Waals surface area (Å²) in [5.74, 6) is 0. The van der Waals surface area contributed by atoms with Gasteiger partial charge in [0.15, 0.2) is 0 Å². The lowest BCUT2D eigenvalue weighted by Gasteiger charge is -2.32. The van der Waals surface area contributed by atoms with Gasteiger partial charge in [0, 0.05) is 16.1 Å². The van der Waals surface area contributed by atoms with Crippen LogP contribution in [0, 0.1) is 0 Å². The lowest BCUT2D eigenvalue weighted by molar-refractivity contribution is 0.406. The molecule has 3 rings (SSSR count). The summed E-state index contributed by atoms with van der Waals surface area (Å²) in [5, 5.41) is 2.25. The SMILES string of the molecule is BrCCCCCC1(CCCCCBr)c2ccccc2-c2ccccc21. The molecule has 1 aliphatic rings. The van der Waals surface area contributed by atoms with Crippen molar-refractivity contribution in [2.75, 3.05) is 10.7 Å². The maximum Gasteiger partial charge on any atom is 0.0215 e. The quantitative estimate of drug-likeness (QED) is 0.248. The average molecular weight is 464 g/mol. The Bertz CT molecular complexity index is 618. The average Bonchev–Trinajstić information content (AvgIpc) is 2.94. The Hall–Kier alpha value is -0.600. The molecular formula is C23H28Br2. The molecular weight excluding hydrogens is 436 g/mol. The molecule has 0 aliphatic heterocycles. The van der Waals surface area contributed by atoms with Crippen molar-refractivity contribution in [3.8, 4) is 11.1 Å². The van der Waals surface area contributed by atoms with Crippen LogP contribution in [0.25, 0.3) is 11.1 Å². The van der Waals surface area contributed by atoms with Gasteiger partial charge in [-0.05, 0) is 47.9 Å². The summed E-state index contributed by atoms with van der Waals surface area (Å²) in [6.45, 7) is 0. The molecule has 0 fully saturated rings. The molecule has 2 heteroatoms. The molecule has 0 atom stereocenters. The van der Waals surface area contributed by atoms with Crippen LogP contribution in [0.3, 0.4) is 0 Å². The highest BCUT2D eigenvalue weighted by Crippen LogP contribution is 2.53. The van der Waals surface area contributed by atoms with E-state index in [0.717, 1.165) is 10.7 Å². The van der Waals surface area contributed by atoms with Crippen LogP contribution >= 0.6 is 31.9 Å². The molecule has 2 aromatic rings. The van der Waals surface area contributed by atoms with E-state index in [0.29, 0.717) is 0 Å². The number of unbranched alkanes of at least 4 members (excludes halogenated alkanes) is 4. The molecule has 0 amide bonds. The van der Waals surface area contributed by atoms with Crippen molar-refractivity contribution in [2.24, 2.45) is 0 Å². The van der Waals surface area contributed by atoms with Gasteiger partial charge in [-0.2, -0.15) is 0 Å². The molecule has 2 aromatic carbocycles. The van der Waals surface area contributed by atoms with Crippen molar-refractivity contribution >= 4 is 31.9 Å². The molecule has 0 heterocycles. The van der Waals surface area contributed by atoms with Crippen LogP contribution in [0.15, 0.2) is 48.5 Å². The molecule has 0 N–H and O–H groups in total. The van der Waals surface area contributed by atoms with E-state index in [1.54, 1.807) is 11.1 Å². The monoisotopic (exact) mass is 462 g/mol. The first-order valence-electron chi connectivity index (χ1n) is 9.65. The summed E-state index contributed by atoms with van der Waals surface area (Å²) in [6, 6.07) is 18.3. The summed E-state index contributed by atoms with van der Waals surface area (Å²) in [7, 11) is 0. The number of benzene rings is 2. The van der Waals surface area contributed by atoms with E-state index < -0.39 is 0 Å². The van der Waals surface area contributed by atoms with Gasteiger partial charge < -0.3 is 0 Å². The lowest BCUT2D eigenvalue weighted by atomic mass is 9.71. The third-order valence-electron chi connectivity index (χ3n) is 5.65. The molecule has 25 heavy (non-hydrogen) atoms. The fraction of sp³-hybridized carbons (Fsp3) is 0.478. The van der Waals surface area contributed by atoms with E-state index in [1.165, 1.54) is 62.5 Å². The predicted molar refractivity (Wildman–Crippen MR) is 117 cm³/mol. The highest BCUT2D eigenvalue weighted by atomic mass is 79.9. The van der Waals surface area contributed by atoms with E-state index >= 15 is 0 Å². The maximum atomic E-state index is 3.58. The normalized spacial score (nSPS) is 14.3. The van der Waals surface area contributed by atoms with Crippen LogP contribution in [-0.4, -0.2) is 10.7 Å². The summed E-state index contributed by atoms with van der Waals surface area (Å²) in [4.78, 5) is 0. The Morgan fingerprint density at radius 3 is 1.44 bits per heavy atom. The second kappa shape index (κ2) is 9.37. The minimum absolute atomic E-state index is 0.228. The predicted octanol–water partition coefficient (Wildman–Crippen LogP) is 7.86. The van der Waals surface area contributed by atoms with Gasteiger partial charge >= 0.3 is 0 Å². The first kappa shape index (κ1) is 19.2. The van der Waals surface area contributed by atoms with Crippen LogP contribution in [-0.2, 0) is 5.41 Å². The highest BCUT2D eigenvalue weighted by molar-refractivity contribution is 9.09. The van der Waals surface area contributed by atoms with E-state index in [-0.39, 0.29) is 5.41 Å². The number of hydrogen-bond acceptors (Lipinski definition) is 0. The maximum absolute atomic E-state index is 3.58. The minimum atomic E-state index is 0.228. The molecule has 0 spiro atoms. The Morgan fingerprint density at radius 1 is 0.560 bits per heavy atom. The fourth-order valence-electron chi connectivity index (χ4n) is 4.48. The van der Waals surface area contributed by atoms with Gasteiger partial charge in [-0.3, -0.25) is 0 Å². The molecule has 0 saturated heterocycles. The Balaban J connectivity index is 1.94.